The molecule has 0 spiro atoms. The van der Waals surface area contributed by atoms with E-state index in [2.05, 4.69) is 0 Å². The molecular formula is C14H19NO4S. The molecule has 0 aliphatic heterocycles. The monoisotopic (exact) mass is 297 g/mol. The van der Waals surface area contributed by atoms with Gasteiger partial charge in [-0.1, -0.05) is 12.1 Å². The van der Waals surface area contributed by atoms with Crippen molar-refractivity contribution >= 4 is 21.7 Å². The Hall–Kier alpha value is -1.56. The van der Waals surface area contributed by atoms with Crippen LogP contribution in [-0.2, 0) is 14.8 Å². The third kappa shape index (κ3) is 3.50. The Kier molecular flexibility index (Phi) is 4.04. The van der Waals surface area contributed by atoms with Crippen molar-refractivity contribution < 1.29 is 18.3 Å². The van der Waals surface area contributed by atoms with Crippen LogP contribution in [0.2, 0.25) is 0 Å². The molecule has 5 nitrogen and oxygen atoms in total. The minimum atomic E-state index is -3.27. The summed E-state index contributed by atoms with van der Waals surface area (Å²) >= 11 is 0. The van der Waals surface area contributed by atoms with E-state index >= 15 is 0 Å². The molecule has 0 saturated heterocycles. The average molecular weight is 297 g/mol. The van der Waals surface area contributed by atoms with Crippen molar-refractivity contribution in [1.82, 2.24) is 0 Å². The summed E-state index contributed by atoms with van der Waals surface area (Å²) in [5.74, 6) is -0.311. The fourth-order valence-corrected chi connectivity index (χ4v) is 2.87. The number of anilines is 1. The van der Waals surface area contributed by atoms with Gasteiger partial charge in [-0.05, 0) is 42.4 Å². The van der Waals surface area contributed by atoms with Crippen LogP contribution < -0.4 is 4.31 Å². The Morgan fingerprint density at radius 3 is 2.30 bits per heavy atom. The number of carboxylic acid groups (broad SMARTS) is 1. The molecule has 0 amide bonds. The minimum absolute atomic E-state index is 0.0325. The molecule has 0 bridgehead atoms. The first-order valence-electron chi connectivity index (χ1n) is 6.54. The van der Waals surface area contributed by atoms with Gasteiger partial charge in [-0.25, -0.2) is 8.42 Å². The summed E-state index contributed by atoms with van der Waals surface area (Å²) < 4.78 is 24.1. The van der Waals surface area contributed by atoms with E-state index in [4.69, 9.17) is 5.11 Å². The fraction of sp³-hybridized carbons (Fsp3) is 0.500. The molecule has 0 heterocycles. The second-order valence-corrected chi connectivity index (χ2v) is 7.38. The molecule has 2 rings (SSSR count). The second-order valence-electron chi connectivity index (χ2n) is 5.36. The van der Waals surface area contributed by atoms with Crippen LogP contribution in [0.5, 0.6) is 0 Å². The zero-order valence-corrected chi connectivity index (χ0v) is 12.4. The van der Waals surface area contributed by atoms with Crippen LogP contribution >= 0.6 is 0 Å². The van der Waals surface area contributed by atoms with Crippen molar-refractivity contribution in [3.8, 4) is 0 Å². The highest BCUT2D eigenvalue weighted by Crippen LogP contribution is 2.44. The molecule has 1 saturated carbocycles. The van der Waals surface area contributed by atoms with Crippen LogP contribution in [0.25, 0.3) is 0 Å². The molecule has 1 aliphatic rings. The summed E-state index contributed by atoms with van der Waals surface area (Å²) in [6.45, 7) is 0. The second kappa shape index (κ2) is 5.44. The van der Waals surface area contributed by atoms with Crippen LogP contribution in [0.4, 0.5) is 5.69 Å². The van der Waals surface area contributed by atoms with Crippen molar-refractivity contribution in [3.63, 3.8) is 0 Å². The lowest BCUT2D eigenvalue weighted by Gasteiger charge is -2.19. The van der Waals surface area contributed by atoms with E-state index in [1.165, 1.54) is 11.4 Å². The third-order valence-electron chi connectivity index (χ3n) is 3.77. The first-order chi connectivity index (χ1) is 9.29. The van der Waals surface area contributed by atoms with Gasteiger partial charge in [0, 0.05) is 7.05 Å². The first-order valence-corrected chi connectivity index (χ1v) is 8.39. The van der Waals surface area contributed by atoms with Gasteiger partial charge >= 0.3 is 5.97 Å². The molecule has 1 aromatic rings. The summed E-state index contributed by atoms with van der Waals surface area (Å²) in [5.41, 5.74) is 1.56. The maximum absolute atomic E-state index is 11.5. The third-order valence-corrected chi connectivity index (χ3v) is 4.97. The lowest BCUT2D eigenvalue weighted by atomic mass is 9.91. The molecule has 1 aliphatic carbocycles. The standard InChI is InChI=1S/C14H19NO4S/c1-15(20(2,18)19)12-7-5-11(6-8-12)13(9-14(16)17)10-3-4-10/h5-8,10,13H,3-4,9H2,1-2H3,(H,16,17). The zero-order valence-electron chi connectivity index (χ0n) is 11.6. The Labute approximate surface area is 119 Å². The van der Waals surface area contributed by atoms with Crippen LogP contribution in [0, 0.1) is 5.92 Å². The van der Waals surface area contributed by atoms with E-state index in [9.17, 15) is 13.2 Å². The van der Waals surface area contributed by atoms with E-state index in [1.807, 2.05) is 12.1 Å². The van der Waals surface area contributed by atoms with Crippen LogP contribution in [0.15, 0.2) is 24.3 Å². The van der Waals surface area contributed by atoms with Crippen molar-refractivity contribution in [2.75, 3.05) is 17.6 Å². The number of sulfonamides is 1. The predicted molar refractivity (Wildman–Crippen MR) is 77.4 cm³/mol. The van der Waals surface area contributed by atoms with Gasteiger partial charge in [-0.3, -0.25) is 9.10 Å². The first kappa shape index (κ1) is 14.8. The number of hydrogen-bond donors (Lipinski definition) is 1. The summed E-state index contributed by atoms with van der Waals surface area (Å²) in [7, 11) is -1.77. The number of hydrogen-bond acceptors (Lipinski definition) is 3. The topological polar surface area (TPSA) is 74.7 Å². The Morgan fingerprint density at radius 1 is 1.35 bits per heavy atom. The predicted octanol–water partition coefficient (Wildman–Crippen LogP) is 2.05. The van der Waals surface area contributed by atoms with E-state index in [-0.39, 0.29) is 12.3 Å². The average Bonchev–Trinajstić information content (AvgIpc) is 3.18. The molecule has 1 fully saturated rings. The van der Waals surface area contributed by atoms with E-state index < -0.39 is 16.0 Å². The van der Waals surface area contributed by atoms with E-state index in [0.29, 0.717) is 11.6 Å². The highest BCUT2D eigenvalue weighted by Gasteiger charge is 2.33. The van der Waals surface area contributed by atoms with Gasteiger partial charge < -0.3 is 5.11 Å². The Balaban J connectivity index is 2.20. The lowest BCUT2D eigenvalue weighted by Crippen LogP contribution is -2.24. The lowest BCUT2D eigenvalue weighted by molar-refractivity contribution is -0.137. The van der Waals surface area contributed by atoms with Gasteiger partial charge in [0.25, 0.3) is 0 Å². The Bertz CT molecular complexity index is 590. The summed E-state index contributed by atoms with van der Waals surface area (Å²) in [4.78, 5) is 10.9. The SMILES string of the molecule is CN(c1ccc(C(CC(=O)O)C2CC2)cc1)S(C)(=O)=O. The minimum Gasteiger partial charge on any atom is -0.481 e. The summed E-state index contributed by atoms with van der Waals surface area (Å²) in [6.07, 6.45) is 3.43. The number of rotatable bonds is 6. The number of aliphatic carboxylic acids is 1. The Morgan fingerprint density at radius 2 is 1.90 bits per heavy atom. The number of benzene rings is 1. The molecular weight excluding hydrogens is 278 g/mol. The highest BCUT2D eigenvalue weighted by atomic mass is 32.2. The van der Waals surface area contributed by atoms with Crippen molar-refractivity contribution in [2.45, 2.75) is 25.2 Å². The van der Waals surface area contributed by atoms with Crippen LogP contribution in [-0.4, -0.2) is 32.8 Å². The molecule has 1 aromatic carbocycles. The molecule has 1 unspecified atom stereocenters. The summed E-state index contributed by atoms with van der Waals surface area (Å²) in [5, 5.41) is 8.98. The molecule has 1 atom stereocenters. The number of nitrogens with zero attached hydrogens (tertiary/aromatic N) is 1. The molecule has 20 heavy (non-hydrogen) atoms. The van der Waals surface area contributed by atoms with Crippen molar-refractivity contribution in [2.24, 2.45) is 5.92 Å². The van der Waals surface area contributed by atoms with Gasteiger partial charge in [-0.15, -0.1) is 0 Å². The molecule has 0 aromatic heterocycles. The van der Waals surface area contributed by atoms with E-state index in [0.717, 1.165) is 24.7 Å². The van der Waals surface area contributed by atoms with Gasteiger partial charge in [0.15, 0.2) is 0 Å². The molecule has 1 N–H and O–H groups in total. The summed E-state index contributed by atoms with van der Waals surface area (Å²) in [6, 6.07) is 7.13. The van der Waals surface area contributed by atoms with Gasteiger partial charge in [0.2, 0.25) is 10.0 Å². The largest absolute Gasteiger partial charge is 0.481 e. The van der Waals surface area contributed by atoms with Crippen LogP contribution in [0.3, 0.4) is 0 Å². The van der Waals surface area contributed by atoms with Crippen molar-refractivity contribution in [3.05, 3.63) is 29.8 Å². The molecule has 110 valence electrons. The van der Waals surface area contributed by atoms with Gasteiger partial charge in [0.1, 0.15) is 0 Å². The quantitative estimate of drug-likeness (QED) is 0.872. The maximum Gasteiger partial charge on any atom is 0.303 e. The van der Waals surface area contributed by atoms with E-state index in [1.54, 1.807) is 12.1 Å². The van der Waals surface area contributed by atoms with Crippen molar-refractivity contribution in [1.29, 1.82) is 0 Å². The normalized spacial score (nSPS) is 16.7. The molecule has 0 radical (unpaired) electrons. The molecule has 6 heteroatoms. The highest BCUT2D eigenvalue weighted by molar-refractivity contribution is 7.92. The van der Waals surface area contributed by atoms with Crippen LogP contribution in [0.1, 0.15) is 30.7 Å². The maximum atomic E-state index is 11.5. The fourth-order valence-electron chi connectivity index (χ4n) is 2.37. The number of carbonyl (C=O) groups is 1. The van der Waals surface area contributed by atoms with Gasteiger partial charge in [0.05, 0.1) is 18.4 Å². The van der Waals surface area contributed by atoms with Gasteiger partial charge in [-0.2, -0.15) is 0 Å². The smallest absolute Gasteiger partial charge is 0.303 e. The zero-order chi connectivity index (χ0) is 14.9. The number of carboxylic acids is 1.